The molecule has 84 valence electrons. The lowest BCUT2D eigenvalue weighted by molar-refractivity contribution is -0.139. The summed E-state index contributed by atoms with van der Waals surface area (Å²) >= 11 is 0. The quantitative estimate of drug-likeness (QED) is 0.472. The number of aromatic nitrogens is 1. The highest BCUT2D eigenvalue weighted by molar-refractivity contribution is 5.73. The van der Waals surface area contributed by atoms with Gasteiger partial charge in [0.25, 0.3) is 0 Å². The molecule has 0 aliphatic rings. The average molecular weight is 211 g/mol. The summed E-state index contributed by atoms with van der Waals surface area (Å²) in [5.41, 5.74) is 1.22. The second kappa shape index (κ2) is 6.21. The van der Waals surface area contributed by atoms with Gasteiger partial charge in [-0.3, -0.25) is 4.79 Å². The zero-order valence-corrected chi connectivity index (χ0v) is 8.79. The van der Waals surface area contributed by atoms with Crippen LogP contribution in [0, 0.1) is 0 Å². The molecule has 1 aromatic heterocycles. The van der Waals surface area contributed by atoms with Crippen LogP contribution in [0.3, 0.4) is 0 Å². The minimum Gasteiger partial charge on any atom is -0.480 e. The summed E-state index contributed by atoms with van der Waals surface area (Å²) in [7, 11) is 1.65. The van der Waals surface area contributed by atoms with E-state index in [4.69, 9.17) is 5.11 Å². The van der Waals surface area contributed by atoms with Crippen molar-refractivity contribution in [3.63, 3.8) is 0 Å². The molecule has 0 radical (unpaired) electrons. The number of carboxylic acid groups (broad SMARTS) is 1. The summed E-state index contributed by atoms with van der Waals surface area (Å²) in [6.45, 7) is 1.22. The number of aromatic amines is 1. The summed E-state index contributed by atoms with van der Waals surface area (Å²) in [6, 6.07) is 1.49. The Morgan fingerprint density at radius 3 is 3.00 bits per heavy atom. The number of carboxylic acids is 1. The lowest BCUT2D eigenvalue weighted by atomic mass is 10.2. The van der Waals surface area contributed by atoms with Gasteiger partial charge in [-0.2, -0.15) is 0 Å². The van der Waals surface area contributed by atoms with Crippen molar-refractivity contribution in [2.24, 2.45) is 0 Å². The van der Waals surface area contributed by atoms with Crippen molar-refractivity contribution in [1.29, 1.82) is 0 Å². The monoisotopic (exact) mass is 211 g/mol. The van der Waals surface area contributed by atoms with Crippen LogP contribution in [-0.2, 0) is 11.2 Å². The van der Waals surface area contributed by atoms with Gasteiger partial charge < -0.3 is 20.7 Å². The Bertz CT molecular complexity index is 285. The van der Waals surface area contributed by atoms with Crippen LogP contribution in [0.15, 0.2) is 18.5 Å². The third-order valence-electron chi connectivity index (χ3n) is 2.25. The minimum atomic E-state index is -0.827. The Morgan fingerprint density at radius 1 is 1.67 bits per heavy atom. The molecule has 0 saturated carbocycles. The zero-order valence-electron chi connectivity index (χ0n) is 8.79. The Kier molecular flexibility index (Phi) is 4.86. The Balaban J connectivity index is 2.13. The van der Waals surface area contributed by atoms with E-state index in [-0.39, 0.29) is 0 Å². The predicted octanol–water partition coefficient (Wildman–Crippen LogP) is -0.181. The normalized spacial score (nSPS) is 12.6. The maximum absolute atomic E-state index is 10.6. The van der Waals surface area contributed by atoms with Crippen LogP contribution in [0.5, 0.6) is 0 Å². The first kappa shape index (κ1) is 11.7. The molecular weight excluding hydrogens is 194 g/mol. The van der Waals surface area contributed by atoms with Crippen LogP contribution in [-0.4, -0.2) is 42.2 Å². The summed E-state index contributed by atoms with van der Waals surface area (Å²) in [5.74, 6) is -0.827. The SMILES string of the molecule is CNC(CNCCc1cc[nH]c1)C(=O)O. The highest BCUT2D eigenvalue weighted by Gasteiger charge is 2.13. The molecule has 1 atom stereocenters. The molecule has 1 heterocycles. The standard InChI is InChI=1S/C10H17N3O2/c1-11-9(10(14)15)7-13-5-3-8-2-4-12-6-8/h2,4,6,9,11-13H,3,5,7H2,1H3,(H,14,15). The highest BCUT2D eigenvalue weighted by Crippen LogP contribution is 1.95. The molecular formula is C10H17N3O2. The number of carbonyl (C=O) groups is 1. The molecule has 0 aliphatic carbocycles. The minimum absolute atomic E-state index is 0.441. The largest absolute Gasteiger partial charge is 0.480 e. The topological polar surface area (TPSA) is 77.1 Å². The fraction of sp³-hybridized carbons (Fsp3) is 0.500. The van der Waals surface area contributed by atoms with E-state index >= 15 is 0 Å². The molecule has 0 amide bonds. The van der Waals surface area contributed by atoms with E-state index in [2.05, 4.69) is 15.6 Å². The molecule has 5 nitrogen and oxygen atoms in total. The average Bonchev–Trinajstić information content (AvgIpc) is 2.70. The third kappa shape index (κ3) is 4.14. The first-order valence-corrected chi connectivity index (χ1v) is 4.96. The zero-order chi connectivity index (χ0) is 11.1. The second-order valence-corrected chi connectivity index (χ2v) is 3.35. The van der Waals surface area contributed by atoms with Crippen LogP contribution in [0.2, 0.25) is 0 Å². The van der Waals surface area contributed by atoms with Gasteiger partial charge in [0.05, 0.1) is 0 Å². The fourth-order valence-corrected chi connectivity index (χ4v) is 1.31. The van der Waals surface area contributed by atoms with Crippen molar-refractivity contribution in [3.8, 4) is 0 Å². The highest BCUT2D eigenvalue weighted by atomic mass is 16.4. The molecule has 15 heavy (non-hydrogen) atoms. The molecule has 0 fully saturated rings. The maximum atomic E-state index is 10.6. The van der Waals surface area contributed by atoms with Crippen LogP contribution >= 0.6 is 0 Å². The van der Waals surface area contributed by atoms with E-state index in [0.717, 1.165) is 13.0 Å². The first-order valence-electron chi connectivity index (χ1n) is 4.96. The third-order valence-corrected chi connectivity index (χ3v) is 2.25. The van der Waals surface area contributed by atoms with E-state index in [0.29, 0.717) is 6.54 Å². The van der Waals surface area contributed by atoms with Crippen molar-refractivity contribution in [2.75, 3.05) is 20.1 Å². The number of rotatable bonds is 7. The summed E-state index contributed by atoms with van der Waals surface area (Å²) in [4.78, 5) is 13.6. The van der Waals surface area contributed by atoms with Crippen molar-refractivity contribution in [2.45, 2.75) is 12.5 Å². The molecule has 4 N–H and O–H groups in total. The van der Waals surface area contributed by atoms with E-state index in [1.54, 1.807) is 7.05 Å². The number of hydrogen-bond donors (Lipinski definition) is 4. The molecule has 0 saturated heterocycles. The smallest absolute Gasteiger partial charge is 0.322 e. The maximum Gasteiger partial charge on any atom is 0.322 e. The van der Waals surface area contributed by atoms with Crippen LogP contribution in [0.1, 0.15) is 5.56 Å². The molecule has 1 aromatic rings. The van der Waals surface area contributed by atoms with Gasteiger partial charge in [0.1, 0.15) is 6.04 Å². The van der Waals surface area contributed by atoms with Gasteiger partial charge in [-0.25, -0.2) is 0 Å². The van der Waals surface area contributed by atoms with Gasteiger partial charge in [-0.05, 0) is 31.6 Å². The van der Waals surface area contributed by atoms with Gasteiger partial charge in [-0.15, -0.1) is 0 Å². The predicted molar refractivity (Wildman–Crippen MR) is 57.8 cm³/mol. The number of likely N-dealkylation sites (N-methyl/N-ethyl adjacent to an activating group) is 1. The summed E-state index contributed by atoms with van der Waals surface area (Å²) < 4.78 is 0. The van der Waals surface area contributed by atoms with Gasteiger partial charge >= 0.3 is 5.97 Å². The summed E-state index contributed by atoms with van der Waals surface area (Å²) in [5, 5.41) is 14.6. The van der Waals surface area contributed by atoms with Gasteiger partial charge in [0.2, 0.25) is 0 Å². The fourth-order valence-electron chi connectivity index (χ4n) is 1.31. The van der Waals surface area contributed by atoms with E-state index < -0.39 is 12.0 Å². The van der Waals surface area contributed by atoms with E-state index in [1.807, 2.05) is 18.5 Å². The molecule has 1 rings (SSSR count). The van der Waals surface area contributed by atoms with Crippen molar-refractivity contribution in [1.82, 2.24) is 15.6 Å². The van der Waals surface area contributed by atoms with Gasteiger partial charge in [0, 0.05) is 18.9 Å². The number of aliphatic carboxylic acids is 1. The van der Waals surface area contributed by atoms with Crippen LogP contribution < -0.4 is 10.6 Å². The molecule has 0 spiro atoms. The van der Waals surface area contributed by atoms with Crippen LogP contribution in [0.4, 0.5) is 0 Å². The molecule has 0 aliphatic heterocycles. The van der Waals surface area contributed by atoms with Gasteiger partial charge in [-0.1, -0.05) is 0 Å². The molecule has 0 bridgehead atoms. The number of hydrogen-bond acceptors (Lipinski definition) is 3. The van der Waals surface area contributed by atoms with Crippen molar-refractivity contribution < 1.29 is 9.90 Å². The number of H-pyrrole nitrogens is 1. The van der Waals surface area contributed by atoms with Crippen molar-refractivity contribution >= 4 is 5.97 Å². The number of nitrogens with one attached hydrogen (secondary N) is 3. The Labute approximate surface area is 88.9 Å². The molecule has 1 unspecified atom stereocenters. The van der Waals surface area contributed by atoms with E-state index in [9.17, 15) is 4.79 Å². The Hall–Kier alpha value is -1.33. The lowest BCUT2D eigenvalue weighted by Gasteiger charge is -2.11. The lowest BCUT2D eigenvalue weighted by Crippen LogP contribution is -2.43. The second-order valence-electron chi connectivity index (χ2n) is 3.35. The van der Waals surface area contributed by atoms with Gasteiger partial charge in [0.15, 0.2) is 0 Å². The Morgan fingerprint density at radius 2 is 2.47 bits per heavy atom. The molecule has 5 heteroatoms. The first-order chi connectivity index (χ1) is 7.24. The van der Waals surface area contributed by atoms with Crippen molar-refractivity contribution in [3.05, 3.63) is 24.0 Å². The van der Waals surface area contributed by atoms with E-state index in [1.165, 1.54) is 5.56 Å². The summed E-state index contributed by atoms with van der Waals surface area (Å²) in [6.07, 6.45) is 4.72. The van der Waals surface area contributed by atoms with Crippen LogP contribution in [0.25, 0.3) is 0 Å². The molecule has 0 aromatic carbocycles.